The van der Waals surface area contributed by atoms with Gasteiger partial charge in [0.25, 0.3) is 0 Å². The van der Waals surface area contributed by atoms with Crippen LogP contribution in [-0.4, -0.2) is 11.0 Å². The molecule has 92 valence electrons. The third-order valence-electron chi connectivity index (χ3n) is 3.35. The molecule has 1 aromatic carbocycles. The number of fused-ring (bicyclic) bond motifs is 1. The molecule has 17 heavy (non-hydrogen) atoms. The first-order valence-electron chi connectivity index (χ1n) is 6.29. The molecule has 3 nitrogen and oxygen atoms in total. The predicted octanol–water partition coefficient (Wildman–Crippen LogP) is 2.58. The van der Waals surface area contributed by atoms with Gasteiger partial charge < -0.3 is 10.4 Å². The fourth-order valence-electron chi connectivity index (χ4n) is 2.28. The molecule has 0 bridgehead atoms. The average molecular weight is 233 g/mol. The minimum Gasteiger partial charge on any atom is -0.388 e. The van der Waals surface area contributed by atoms with Crippen molar-refractivity contribution >= 4 is 11.6 Å². The number of anilines is 1. The Labute approximate surface area is 102 Å². The highest BCUT2D eigenvalue weighted by molar-refractivity contribution is 5.95. The Morgan fingerprint density at radius 1 is 1.35 bits per heavy atom. The van der Waals surface area contributed by atoms with E-state index in [0.717, 1.165) is 29.7 Å². The minimum atomic E-state index is -0.492. The summed E-state index contributed by atoms with van der Waals surface area (Å²) >= 11 is 0. The first-order chi connectivity index (χ1) is 8.15. The second-order valence-electron chi connectivity index (χ2n) is 4.54. The monoisotopic (exact) mass is 233 g/mol. The second-order valence-corrected chi connectivity index (χ2v) is 4.54. The molecule has 1 aromatic rings. The van der Waals surface area contributed by atoms with Gasteiger partial charge in [0.05, 0.1) is 6.10 Å². The van der Waals surface area contributed by atoms with E-state index < -0.39 is 6.10 Å². The van der Waals surface area contributed by atoms with E-state index in [1.54, 1.807) is 0 Å². The number of hydrogen-bond acceptors (Lipinski definition) is 2. The number of aryl methyl sites for hydroxylation is 2. The molecule has 1 aliphatic rings. The maximum Gasteiger partial charge on any atom is 0.224 e. The van der Waals surface area contributed by atoms with Gasteiger partial charge in [0.15, 0.2) is 0 Å². The van der Waals surface area contributed by atoms with Crippen molar-refractivity contribution in [3.63, 3.8) is 0 Å². The van der Waals surface area contributed by atoms with Gasteiger partial charge in [0, 0.05) is 17.7 Å². The van der Waals surface area contributed by atoms with E-state index in [4.69, 9.17) is 0 Å². The lowest BCUT2D eigenvalue weighted by Crippen LogP contribution is -2.21. The third-order valence-corrected chi connectivity index (χ3v) is 3.35. The number of nitrogens with one attached hydrogen (secondary N) is 1. The quantitative estimate of drug-likeness (QED) is 0.843. The summed E-state index contributed by atoms with van der Waals surface area (Å²) in [6.07, 6.45) is 2.44. The topological polar surface area (TPSA) is 49.3 Å². The van der Waals surface area contributed by atoms with Crippen molar-refractivity contribution in [2.24, 2.45) is 0 Å². The molecular weight excluding hydrogens is 214 g/mol. The first-order valence-corrected chi connectivity index (χ1v) is 6.29. The van der Waals surface area contributed by atoms with Crippen LogP contribution in [0.4, 0.5) is 5.69 Å². The molecule has 3 heteroatoms. The van der Waals surface area contributed by atoms with Crippen LogP contribution in [0.25, 0.3) is 0 Å². The number of amides is 1. The van der Waals surface area contributed by atoms with Crippen molar-refractivity contribution in [2.45, 2.75) is 45.6 Å². The molecular formula is C14H19NO2. The SMILES string of the molecule is CCc1cc2c(c(C(O)CC)c1)NC(=O)CC2. The summed E-state index contributed by atoms with van der Waals surface area (Å²) in [5.74, 6) is 0.0475. The third kappa shape index (κ3) is 2.34. The fourth-order valence-corrected chi connectivity index (χ4v) is 2.28. The van der Waals surface area contributed by atoms with Crippen LogP contribution in [0.3, 0.4) is 0 Å². The van der Waals surface area contributed by atoms with Crippen LogP contribution < -0.4 is 5.32 Å². The molecule has 2 rings (SSSR count). The minimum absolute atomic E-state index is 0.0475. The van der Waals surface area contributed by atoms with E-state index in [-0.39, 0.29) is 5.91 Å². The largest absolute Gasteiger partial charge is 0.388 e. The molecule has 0 spiro atoms. The number of aliphatic hydroxyl groups excluding tert-OH is 1. The molecule has 2 N–H and O–H groups in total. The number of benzene rings is 1. The summed E-state index contributed by atoms with van der Waals surface area (Å²) < 4.78 is 0. The number of carbonyl (C=O) groups excluding carboxylic acids is 1. The van der Waals surface area contributed by atoms with E-state index in [2.05, 4.69) is 18.3 Å². The molecule has 1 heterocycles. The van der Waals surface area contributed by atoms with Crippen molar-refractivity contribution in [2.75, 3.05) is 5.32 Å². The number of rotatable bonds is 3. The lowest BCUT2D eigenvalue weighted by molar-refractivity contribution is -0.116. The summed E-state index contributed by atoms with van der Waals surface area (Å²) in [7, 11) is 0. The van der Waals surface area contributed by atoms with E-state index in [0.29, 0.717) is 12.8 Å². The zero-order valence-electron chi connectivity index (χ0n) is 10.4. The maximum absolute atomic E-state index is 11.5. The number of aliphatic hydroxyl groups is 1. The van der Waals surface area contributed by atoms with Crippen molar-refractivity contribution in [3.05, 3.63) is 28.8 Å². The Kier molecular flexibility index (Phi) is 3.48. The maximum atomic E-state index is 11.5. The Hall–Kier alpha value is -1.35. The van der Waals surface area contributed by atoms with Crippen LogP contribution >= 0.6 is 0 Å². The number of hydrogen-bond donors (Lipinski definition) is 2. The van der Waals surface area contributed by atoms with Crippen molar-refractivity contribution < 1.29 is 9.90 Å². The van der Waals surface area contributed by atoms with Gasteiger partial charge in [0.1, 0.15) is 0 Å². The van der Waals surface area contributed by atoms with E-state index in [1.165, 1.54) is 5.56 Å². The van der Waals surface area contributed by atoms with E-state index in [9.17, 15) is 9.90 Å². The molecule has 0 aromatic heterocycles. The summed E-state index contributed by atoms with van der Waals surface area (Å²) in [5, 5.41) is 12.9. The van der Waals surface area contributed by atoms with Gasteiger partial charge in [0.2, 0.25) is 5.91 Å². The van der Waals surface area contributed by atoms with Crippen molar-refractivity contribution in [1.82, 2.24) is 0 Å². The Balaban J connectivity index is 2.51. The van der Waals surface area contributed by atoms with E-state index >= 15 is 0 Å². The van der Waals surface area contributed by atoms with Gasteiger partial charge in [-0.2, -0.15) is 0 Å². The van der Waals surface area contributed by atoms with E-state index in [1.807, 2.05) is 13.0 Å². The molecule has 0 aliphatic carbocycles. The Bertz CT molecular complexity index is 440. The highest BCUT2D eigenvalue weighted by Crippen LogP contribution is 2.33. The van der Waals surface area contributed by atoms with Gasteiger partial charge >= 0.3 is 0 Å². The van der Waals surface area contributed by atoms with Crippen LogP contribution in [-0.2, 0) is 17.6 Å². The van der Waals surface area contributed by atoms with Crippen LogP contribution in [0, 0.1) is 0 Å². The summed E-state index contributed by atoms with van der Waals surface area (Å²) in [6, 6.07) is 4.15. The van der Waals surface area contributed by atoms with Crippen LogP contribution in [0.5, 0.6) is 0 Å². The van der Waals surface area contributed by atoms with Gasteiger partial charge in [-0.25, -0.2) is 0 Å². The Morgan fingerprint density at radius 3 is 2.76 bits per heavy atom. The molecule has 1 atom stereocenters. The summed E-state index contributed by atoms with van der Waals surface area (Å²) in [5.41, 5.74) is 4.09. The lowest BCUT2D eigenvalue weighted by atomic mass is 9.92. The molecule has 1 unspecified atom stereocenters. The van der Waals surface area contributed by atoms with Crippen molar-refractivity contribution in [3.8, 4) is 0 Å². The molecule has 0 radical (unpaired) electrons. The smallest absolute Gasteiger partial charge is 0.224 e. The van der Waals surface area contributed by atoms with Gasteiger partial charge in [-0.05, 0) is 30.4 Å². The first kappa shape index (κ1) is 12.1. The Morgan fingerprint density at radius 2 is 2.12 bits per heavy atom. The van der Waals surface area contributed by atoms with Crippen LogP contribution in [0.15, 0.2) is 12.1 Å². The standard InChI is InChI=1S/C14H19NO2/c1-3-9-7-10-5-6-13(17)15-14(10)11(8-9)12(16)4-2/h7-8,12,16H,3-6H2,1-2H3,(H,15,17). The predicted molar refractivity (Wildman–Crippen MR) is 68.0 cm³/mol. The highest BCUT2D eigenvalue weighted by atomic mass is 16.3. The van der Waals surface area contributed by atoms with Gasteiger partial charge in [-0.3, -0.25) is 4.79 Å². The molecule has 0 fully saturated rings. The van der Waals surface area contributed by atoms with Crippen LogP contribution in [0.2, 0.25) is 0 Å². The van der Waals surface area contributed by atoms with Crippen molar-refractivity contribution in [1.29, 1.82) is 0 Å². The molecule has 1 amide bonds. The fraction of sp³-hybridized carbons (Fsp3) is 0.500. The summed E-state index contributed by atoms with van der Waals surface area (Å²) in [4.78, 5) is 11.5. The van der Waals surface area contributed by atoms with Gasteiger partial charge in [-0.15, -0.1) is 0 Å². The lowest BCUT2D eigenvalue weighted by Gasteiger charge is -2.23. The normalized spacial score (nSPS) is 16.3. The number of carbonyl (C=O) groups is 1. The van der Waals surface area contributed by atoms with Crippen LogP contribution in [0.1, 0.15) is 49.5 Å². The summed E-state index contributed by atoms with van der Waals surface area (Å²) in [6.45, 7) is 4.05. The molecule has 0 saturated carbocycles. The highest BCUT2D eigenvalue weighted by Gasteiger charge is 2.21. The molecule has 0 saturated heterocycles. The molecule has 1 aliphatic heterocycles. The second kappa shape index (κ2) is 4.88. The average Bonchev–Trinajstić information content (AvgIpc) is 2.36. The zero-order valence-corrected chi connectivity index (χ0v) is 10.4. The van der Waals surface area contributed by atoms with Gasteiger partial charge in [-0.1, -0.05) is 26.0 Å². The zero-order chi connectivity index (χ0) is 12.4.